The van der Waals surface area contributed by atoms with E-state index in [1.807, 2.05) is 12.1 Å². The zero-order chi connectivity index (χ0) is 13.8. The largest absolute Gasteiger partial charge is 0.465 e. The van der Waals surface area contributed by atoms with Crippen molar-refractivity contribution in [1.29, 1.82) is 0 Å². The SMILES string of the molecule is CCC1CCN(c2ccc(N)c(C(=O)OC)c2)CC1. The van der Waals surface area contributed by atoms with Crippen LogP contribution < -0.4 is 10.6 Å². The summed E-state index contributed by atoms with van der Waals surface area (Å²) in [7, 11) is 1.38. The van der Waals surface area contributed by atoms with E-state index in [9.17, 15) is 4.79 Å². The van der Waals surface area contributed by atoms with Crippen molar-refractivity contribution in [2.24, 2.45) is 5.92 Å². The minimum atomic E-state index is -0.372. The van der Waals surface area contributed by atoms with Crippen LogP contribution in [0, 0.1) is 5.92 Å². The van der Waals surface area contributed by atoms with E-state index in [-0.39, 0.29) is 5.97 Å². The minimum absolute atomic E-state index is 0.372. The van der Waals surface area contributed by atoms with Gasteiger partial charge in [-0.05, 0) is 37.0 Å². The van der Waals surface area contributed by atoms with Gasteiger partial charge in [0.2, 0.25) is 0 Å². The summed E-state index contributed by atoms with van der Waals surface area (Å²) in [5, 5.41) is 0. The molecule has 4 heteroatoms. The van der Waals surface area contributed by atoms with E-state index in [0.717, 1.165) is 24.7 Å². The van der Waals surface area contributed by atoms with E-state index in [1.54, 1.807) is 6.07 Å². The number of nitrogens with zero attached hydrogens (tertiary/aromatic N) is 1. The molecule has 104 valence electrons. The Morgan fingerprint density at radius 2 is 2.11 bits per heavy atom. The van der Waals surface area contributed by atoms with Gasteiger partial charge in [-0.1, -0.05) is 13.3 Å². The summed E-state index contributed by atoms with van der Waals surface area (Å²) in [6.07, 6.45) is 3.69. The number of esters is 1. The summed E-state index contributed by atoms with van der Waals surface area (Å²) in [5.74, 6) is 0.466. The van der Waals surface area contributed by atoms with Crippen molar-refractivity contribution in [3.63, 3.8) is 0 Å². The normalized spacial score (nSPS) is 16.4. The highest BCUT2D eigenvalue weighted by Gasteiger charge is 2.19. The van der Waals surface area contributed by atoms with Crippen molar-refractivity contribution >= 4 is 17.3 Å². The van der Waals surface area contributed by atoms with Crippen LogP contribution in [0.1, 0.15) is 36.5 Å². The molecule has 0 amide bonds. The highest BCUT2D eigenvalue weighted by atomic mass is 16.5. The molecule has 0 unspecified atom stereocenters. The fourth-order valence-corrected chi connectivity index (χ4v) is 2.63. The number of nitrogen functional groups attached to an aromatic ring is 1. The van der Waals surface area contributed by atoms with Crippen molar-refractivity contribution in [2.45, 2.75) is 26.2 Å². The summed E-state index contributed by atoms with van der Waals surface area (Å²) >= 11 is 0. The Hall–Kier alpha value is -1.71. The molecule has 19 heavy (non-hydrogen) atoms. The molecule has 0 atom stereocenters. The first-order valence-electron chi connectivity index (χ1n) is 6.88. The molecule has 1 aliphatic rings. The molecule has 4 nitrogen and oxygen atoms in total. The van der Waals surface area contributed by atoms with Crippen LogP contribution in [0.2, 0.25) is 0 Å². The third-order valence-corrected chi connectivity index (χ3v) is 4.00. The second-order valence-corrected chi connectivity index (χ2v) is 5.10. The van der Waals surface area contributed by atoms with Crippen molar-refractivity contribution in [2.75, 3.05) is 30.8 Å². The first kappa shape index (κ1) is 13.7. The van der Waals surface area contributed by atoms with E-state index in [1.165, 1.54) is 26.4 Å². The van der Waals surface area contributed by atoms with Crippen LogP contribution >= 0.6 is 0 Å². The number of piperidine rings is 1. The molecule has 0 spiro atoms. The van der Waals surface area contributed by atoms with Crippen LogP contribution in [-0.2, 0) is 4.74 Å². The van der Waals surface area contributed by atoms with Crippen molar-refractivity contribution in [3.8, 4) is 0 Å². The molecule has 1 aromatic carbocycles. The summed E-state index contributed by atoms with van der Waals surface area (Å²) in [5.41, 5.74) is 7.81. The third kappa shape index (κ3) is 3.00. The quantitative estimate of drug-likeness (QED) is 0.672. The first-order valence-corrected chi connectivity index (χ1v) is 6.88. The summed E-state index contributed by atoms with van der Waals surface area (Å²) < 4.78 is 4.76. The predicted molar refractivity (Wildman–Crippen MR) is 77.4 cm³/mol. The van der Waals surface area contributed by atoms with E-state index in [4.69, 9.17) is 10.5 Å². The van der Waals surface area contributed by atoms with E-state index < -0.39 is 0 Å². The summed E-state index contributed by atoms with van der Waals surface area (Å²) in [6, 6.07) is 5.61. The standard InChI is InChI=1S/C15H22N2O2/c1-3-11-6-8-17(9-7-11)12-4-5-14(16)13(10-12)15(18)19-2/h4-5,10-11H,3,6-9,16H2,1-2H3. The predicted octanol–water partition coefficient (Wildman–Crippen LogP) is 2.68. The van der Waals surface area contributed by atoms with Crippen LogP contribution in [0.25, 0.3) is 0 Å². The Bertz CT molecular complexity index is 451. The maximum absolute atomic E-state index is 11.6. The van der Waals surface area contributed by atoms with Gasteiger partial charge < -0.3 is 15.4 Å². The second kappa shape index (κ2) is 5.95. The van der Waals surface area contributed by atoms with E-state index in [0.29, 0.717) is 11.3 Å². The number of rotatable bonds is 3. The van der Waals surface area contributed by atoms with Crippen LogP contribution in [-0.4, -0.2) is 26.2 Å². The van der Waals surface area contributed by atoms with Gasteiger partial charge in [0.25, 0.3) is 0 Å². The average Bonchev–Trinajstić information content (AvgIpc) is 2.47. The number of hydrogen-bond acceptors (Lipinski definition) is 4. The number of benzene rings is 1. The lowest BCUT2D eigenvalue weighted by atomic mass is 9.94. The van der Waals surface area contributed by atoms with Crippen molar-refractivity contribution in [3.05, 3.63) is 23.8 Å². The molecule has 1 fully saturated rings. The number of nitrogens with two attached hydrogens (primary N) is 1. The number of hydrogen-bond donors (Lipinski definition) is 1. The maximum atomic E-state index is 11.6. The molecule has 2 N–H and O–H groups in total. The third-order valence-electron chi connectivity index (χ3n) is 4.00. The lowest BCUT2D eigenvalue weighted by Gasteiger charge is -2.33. The molecule has 0 aliphatic carbocycles. The number of ether oxygens (including phenoxy) is 1. The molecule has 1 saturated heterocycles. The molecule has 0 bridgehead atoms. The number of carbonyl (C=O) groups excluding carboxylic acids is 1. The number of anilines is 2. The average molecular weight is 262 g/mol. The first-order chi connectivity index (χ1) is 9.15. The Balaban J connectivity index is 2.15. The van der Waals surface area contributed by atoms with Gasteiger partial charge in [-0.3, -0.25) is 0 Å². The van der Waals surface area contributed by atoms with E-state index in [2.05, 4.69) is 11.8 Å². The van der Waals surface area contributed by atoms with Crippen molar-refractivity contribution < 1.29 is 9.53 Å². The van der Waals surface area contributed by atoms with Crippen LogP contribution in [0.5, 0.6) is 0 Å². The summed E-state index contributed by atoms with van der Waals surface area (Å²) in [6.45, 7) is 4.34. The minimum Gasteiger partial charge on any atom is -0.465 e. The van der Waals surface area contributed by atoms with Gasteiger partial charge in [0.05, 0.1) is 12.7 Å². The van der Waals surface area contributed by atoms with Crippen molar-refractivity contribution in [1.82, 2.24) is 0 Å². The molecule has 1 aliphatic heterocycles. The van der Waals surface area contributed by atoms with Gasteiger partial charge in [-0.15, -0.1) is 0 Å². The van der Waals surface area contributed by atoms with Crippen LogP contribution in [0.3, 0.4) is 0 Å². The molecule has 0 aromatic heterocycles. The molecule has 1 aromatic rings. The Morgan fingerprint density at radius 3 is 2.68 bits per heavy atom. The summed E-state index contributed by atoms with van der Waals surface area (Å²) in [4.78, 5) is 14.0. The Kier molecular flexibility index (Phi) is 4.30. The fourth-order valence-electron chi connectivity index (χ4n) is 2.63. The molecular weight excluding hydrogens is 240 g/mol. The molecule has 1 heterocycles. The second-order valence-electron chi connectivity index (χ2n) is 5.10. The fraction of sp³-hybridized carbons (Fsp3) is 0.533. The van der Waals surface area contributed by atoms with E-state index >= 15 is 0 Å². The van der Waals surface area contributed by atoms with Gasteiger partial charge in [0.1, 0.15) is 0 Å². The van der Waals surface area contributed by atoms with Gasteiger partial charge in [0.15, 0.2) is 0 Å². The lowest BCUT2D eigenvalue weighted by Crippen LogP contribution is -2.33. The zero-order valence-corrected chi connectivity index (χ0v) is 11.7. The van der Waals surface area contributed by atoms with Gasteiger partial charge >= 0.3 is 5.97 Å². The molecule has 2 rings (SSSR count). The molecule has 0 radical (unpaired) electrons. The number of carbonyl (C=O) groups is 1. The smallest absolute Gasteiger partial charge is 0.340 e. The highest BCUT2D eigenvalue weighted by molar-refractivity contribution is 5.96. The van der Waals surface area contributed by atoms with Gasteiger partial charge in [-0.2, -0.15) is 0 Å². The van der Waals surface area contributed by atoms with Gasteiger partial charge in [-0.25, -0.2) is 4.79 Å². The Labute approximate surface area is 114 Å². The maximum Gasteiger partial charge on any atom is 0.340 e. The lowest BCUT2D eigenvalue weighted by molar-refractivity contribution is 0.0602. The zero-order valence-electron chi connectivity index (χ0n) is 11.7. The monoisotopic (exact) mass is 262 g/mol. The highest BCUT2D eigenvalue weighted by Crippen LogP contribution is 2.27. The topological polar surface area (TPSA) is 55.6 Å². The molecular formula is C15H22N2O2. The van der Waals surface area contributed by atoms with Crippen LogP contribution in [0.4, 0.5) is 11.4 Å². The van der Waals surface area contributed by atoms with Crippen LogP contribution in [0.15, 0.2) is 18.2 Å². The van der Waals surface area contributed by atoms with Gasteiger partial charge in [0, 0.05) is 24.5 Å². The number of methoxy groups -OCH3 is 1. The Morgan fingerprint density at radius 1 is 1.42 bits per heavy atom. The molecule has 0 saturated carbocycles.